The Hall–Kier alpha value is -1.63. The molecular formula is C14H24N4O3. The van der Waals surface area contributed by atoms with Crippen molar-refractivity contribution in [1.29, 1.82) is 0 Å². The lowest BCUT2D eigenvalue weighted by Crippen LogP contribution is -2.47. The summed E-state index contributed by atoms with van der Waals surface area (Å²) < 4.78 is 0. The average molecular weight is 296 g/mol. The molecule has 2 aliphatic rings. The highest BCUT2D eigenvalue weighted by atomic mass is 16.2. The predicted octanol–water partition coefficient (Wildman–Crippen LogP) is -0.177. The number of imide groups is 1. The van der Waals surface area contributed by atoms with Crippen LogP contribution in [0.25, 0.3) is 0 Å². The van der Waals surface area contributed by atoms with Gasteiger partial charge in [-0.2, -0.15) is 0 Å². The van der Waals surface area contributed by atoms with Crippen LogP contribution in [-0.4, -0.2) is 54.5 Å². The highest BCUT2D eigenvalue weighted by Crippen LogP contribution is 2.42. The van der Waals surface area contributed by atoms with Crippen molar-refractivity contribution < 1.29 is 14.4 Å². The molecule has 4 amide bonds. The fourth-order valence-electron chi connectivity index (χ4n) is 2.59. The van der Waals surface area contributed by atoms with Gasteiger partial charge in [0, 0.05) is 13.1 Å². The van der Waals surface area contributed by atoms with E-state index in [1.807, 2.05) is 0 Å². The van der Waals surface area contributed by atoms with E-state index in [2.05, 4.69) is 22.9 Å². The van der Waals surface area contributed by atoms with Gasteiger partial charge in [0.25, 0.3) is 5.91 Å². The Labute approximate surface area is 124 Å². The van der Waals surface area contributed by atoms with Crippen molar-refractivity contribution in [1.82, 2.24) is 20.9 Å². The Morgan fingerprint density at radius 2 is 2.05 bits per heavy atom. The number of rotatable bonds is 8. The molecule has 1 heterocycles. The van der Waals surface area contributed by atoms with Crippen LogP contribution >= 0.6 is 0 Å². The van der Waals surface area contributed by atoms with E-state index in [4.69, 9.17) is 0 Å². The first kappa shape index (κ1) is 15.8. The maximum absolute atomic E-state index is 12.3. The Balaban J connectivity index is 1.78. The summed E-state index contributed by atoms with van der Waals surface area (Å²) in [5.74, 6) is -0.383. The van der Waals surface area contributed by atoms with Gasteiger partial charge < -0.3 is 16.0 Å². The molecule has 7 heteroatoms. The van der Waals surface area contributed by atoms with Gasteiger partial charge in [0.05, 0.1) is 0 Å². The van der Waals surface area contributed by atoms with Crippen LogP contribution in [0.5, 0.6) is 0 Å². The second-order valence-electron chi connectivity index (χ2n) is 5.90. The quantitative estimate of drug-likeness (QED) is 0.428. The molecule has 1 saturated heterocycles. The predicted molar refractivity (Wildman–Crippen MR) is 77.5 cm³/mol. The molecule has 2 rings (SSSR count). The largest absolute Gasteiger partial charge is 0.353 e. The molecule has 0 bridgehead atoms. The monoisotopic (exact) mass is 296 g/mol. The third-order valence-electron chi connectivity index (χ3n) is 4.05. The van der Waals surface area contributed by atoms with Crippen molar-refractivity contribution in [3.05, 3.63) is 0 Å². The molecule has 0 spiro atoms. The zero-order valence-corrected chi connectivity index (χ0v) is 12.7. The summed E-state index contributed by atoms with van der Waals surface area (Å²) in [6.07, 6.45) is 2.94. The zero-order valence-electron chi connectivity index (χ0n) is 12.7. The number of urea groups is 1. The van der Waals surface area contributed by atoms with Gasteiger partial charge in [-0.3, -0.25) is 14.5 Å². The van der Waals surface area contributed by atoms with Crippen LogP contribution in [0, 0.1) is 5.92 Å². The maximum atomic E-state index is 12.3. The molecule has 1 atom stereocenters. The normalized spacial score (nSPS) is 25.1. The minimum absolute atomic E-state index is 0.208. The molecule has 1 saturated carbocycles. The van der Waals surface area contributed by atoms with Crippen LogP contribution in [0.15, 0.2) is 0 Å². The summed E-state index contributed by atoms with van der Waals surface area (Å²) in [7, 11) is 0. The molecule has 1 aliphatic carbocycles. The minimum Gasteiger partial charge on any atom is -0.353 e. The number of hydrogen-bond acceptors (Lipinski definition) is 4. The molecule has 0 aromatic carbocycles. The van der Waals surface area contributed by atoms with E-state index in [-0.39, 0.29) is 24.3 Å². The molecule has 0 aromatic rings. The van der Waals surface area contributed by atoms with Crippen molar-refractivity contribution in [2.75, 3.05) is 26.2 Å². The molecule has 1 aliphatic heterocycles. The van der Waals surface area contributed by atoms with E-state index in [9.17, 15) is 14.4 Å². The van der Waals surface area contributed by atoms with Crippen molar-refractivity contribution in [3.63, 3.8) is 0 Å². The Bertz CT molecular complexity index is 436. The summed E-state index contributed by atoms with van der Waals surface area (Å²) in [4.78, 5) is 37.0. The molecule has 3 N–H and O–H groups in total. The van der Waals surface area contributed by atoms with E-state index in [1.54, 1.807) is 6.92 Å². The highest BCUT2D eigenvalue weighted by molar-refractivity contribution is 6.09. The van der Waals surface area contributed by atoms with Crippen LogP contribution < -0.4 is 16.0 Å². The molecule has 1 unspecified atom stereocenters. The fraction of sp³-hybridized carbons (Fsp3) is 0.786. The number of carbonyl (C=O) groups is 3. The Morgan fingerprint density at radius 3 is 2.67 bits per heavy atom. The second-order valence-corrected chi connectivity index (χ2v) is 5.90. The van der Waals surface area contributed by atoms with E-state index in [0.717, 1.165) is 30.7 Å². The number of carbonyl (C=O) groups excluding carboxylic acids is 3. The minimum atomic E-state index is -0.819. The van der Waals surface area contributed by atoms with Crippen molar-refractivity contribution in [3.8, 4) is 0 Å². The SMILES string of the molecule is CCCNCCNC(=O)CN1C(=O)NC(C)(C2CC2)C1=O. The lowest BCUT2D eigenvalue weighted by atomic mass is 9.96. The Morgan fingerprint density at radius 1 is 1.33 bits per heavy atom. The smallest absolute Gasteiger partial charge is 0.325 e. The first-order chi connectivity index (χ1) is 9.99. The summed E-state index contributed by atoms with van der Waals surface area (Å²) in [6, 6.07) is -0.464. The molecule has 7 nitrogen and oxygen atoms in total. The number of amides is 4. The second kappa shape index (κ2) is 6.43. The van der Waals surface area contributed by atoms with E-state index < -0.39 is 11.6 Å². The van der Waals surface area contributed by atoms with Gasteiger partial charge in [-0.1, -0.05) is 6.92 Å². The maximum Gasteiger partial charge on any atom is 0.325 e. The van der Waals surface area contributed by atoms with Crippen molar-refractivity contribution in [2.45, 2.75) is 38.6 Å². The van der Waals surface area contributed by atoms with Gasteiger partial charge in [0.15, 0.2) is 0 Å². The standard InChI is InChI=1S/C14H24N4O3/c1-3-6-15-7-8-16-11(19)9-18-12(20)14(2,10-4-5-10)17-13(18)21/h10,15H,3-9H2,1-2H3,(H,16,19)(H,17,21). The average Bonchev–Trinajstić information content (AvgIpc) is 3.25. The van der Waals surface area contributed by atoms with Gasteiger partial charge in [-0.05, 0) is 38.6 Å². The fourth-order valence-corrected chi connectivity index (χ4v) is 2.59. The summed E-state index contributed by atoms with van der Waals surface area (Å²) in [5, 5.41) is 8.60. The summed E-state index contributed by atoms with van der Waals surface area (Å²) in [6.45, 7) is 5.68. The summed E-state index contributed by atoms with van der Waals surface area (Å²) >= 11 is 0. The topological polar surface area (TPSA) is 90.5 Å². The molecule has 21 heavy (non-hydrogen) atoms. The lowest BCUT2D eigenvalue weighted by molar-refractivity contribution is -0.135. The number of nitrogens with zero attached hydrogens (tertiary/aromatic N) is 1. The van der Waals surface area contributed by atoms with Crippen LogP contribution in [0.3, 0.4) is 0 Å². The molecule has 0 aromatic heterocycles. The third kappa shape index (κ3) is 3.53. The first-order valence-corrected chi connectivity index (χ1v) is 7.60. The first-order valence-electron chi connectivity index (χ1n) is 7.60. The number of nitrogens with one attached hydrogen (secondary N) is 3. The molecule has 118 valence electrons. The van der Waals surface area contributed by atoms with E-state index in [0.29, 0.717) is 13.1 Å². The van der Waals surface area contributed by atoms with Crippen LogP contribution in [0.1, 0.15) is 33.1 Å². The van der Waals surface area contributed by atoms with Crippen molar-refractivity contribution in [2.24, 2.45) is 5.92 Å². The molecular weight excluding hydrogens is 272 g/mol. The van der Waals surface area contributed by atoms with Crippen LogP contribution in [0.2, 0.25) is 0 Å². The zero-order chi connectivity index (χ0) is 15.5. The van der Waals surface area contributed by atoms with Gasteiger partial charge in [0.1, 0.15) is 12.1 Å². The summed E-state index contributed by atoms with van der Waals surface area (Å²) in [5.41, 5.74) is -0.819. The lowest BCUT2D eigenvalue weighted by Gasteiger charge is -2.20. The van der Waals surface area contributed by atoms with Crippen molar-refractivity contribution >= 4 is 17.8 Å². The Kier molecular flexibility index (Phi) is 4.82. The van der Waals surface area contributed by atoms with Gasteiger partial charge in [-0.25, -0.2) is 4.79 Å². The molecule has 2 fully saturated rings. The van der Waals surface area contributed by atoms with Crippen LogP contribution in [-0.2, 0) is 9.59 Å². The third-order valence-corrected chi connectivity index (χ3v) is 4.05. The van der Waals surface area contributed by atoms with Gasteiger partial charge in [0.2, 0.25) is 5.91 Å². The van der Waals surface area contributed by atoms with Crippen LogP contribution in [0.4, 0.5) is 4.79 Å². The number of hydrogen-bond donors (Lipinski definition) is 3. The van der Waals surface area contributed by atoms with Gasteiger partial charge in [-0.15, -0.1) is 0 Å². The highest BCUT2D eigenvalue weighted by Gasteiger charge is 2.56. The van der Waals surface area contributed by atoms with Gasteiger partial charge >= 0.3 is 6.03 Å². The van der Waals surface area contributed by atoms with E-state index >= 15 is 0 Å². The van der Waals surface area contributed by atoms with E-state index in [1.165, 1.54) is 0 Å². The molecule has 0 radical (unpaired) electrons.